The maximum atomic E-state index is 11.3. The van der Waals surface area contributed by atoms with Crippen LogP contribution in [-0.4, -0.2) is 37.4 Å². The molecule has 4 rings (SSSR count). The van der Waals surface area contributed by atoms with Gasteiger partial charge in [0.25, 0.3) is 8.32 Å². The Morgan fingerprint density at radius 3 is 1.98 bits per heavy atom. The van der Waals surface area contributed by atoms with Gasteiger partial charge in [0, 0.05) is 12.8 Å². The van der Waals surface area contributed by atoms with Gasteiger partial charge in [-0.25, -0.2) is 0 Å². The first-order chi connectivity index (χ1) is 21.0. The zero-order valence-electron chi connectivity index (χ0n) is 25.7. The molecule has 0 aliphatic carbocycles. The summed E-state index contributed by atoms with van der Waals surface area (Å²) in [5, 5.41) is 34.2. The molecule has 4 aromatic rings. The fourth-order valence-electron chi connectivity index (χ4n) is 5.52. The number of aliphatic hydroxyl groups is 2. The Labute approximate surface area is 266 Å². The molecule has 4 aromatic carbocycles. The molecule has 0 fully saturated rings. The van der Waals surface area contributed by atoms with Gasteiger partial charge in [-0.05, 0) is 62.5 Å². The number of aliphatic hydroxyl groups excluding tert-OH is 2. The molecule has 0 spiro atoms. The molecule has 0 heterocycles. The van der Waals surface area contributed by atoms with Crippen molar-refractivity contribution in [3.63, 3.8) is 0 Å². The number of hydrogen-bond donors (Lipinski definition) is 3. The van der Waals surface area contributed by atoms with Gasteiger partial charge in [0.05, 0.1) is 30.9 Å². The van der Waals surface area contributed by atoms with E-state index >= 15 is 0 Å². The SMILES string of the molecule is COc1ccc([C@H](O)CC(=C=CC[C@@H](O)c2ccc(O)cc2Cl)CO[Si](c2ccccc2)(c2ccccc2)C(C)(C)C)cc1. The lowest BCUT2D eigenvalue weighted by Gasteiger charge is -2.43. The molecule has 230 valence electrons. The molecule has 0 aliphatic rings. The molecular formula is C37H41ClO5Si. The topological polar surface area (TPSA) is 79.2 Å². The Morgan fingerprint density at radius 2 is 1.45 bits per heavy atom. The van der Waals surface area contributed by atoms with Gasteiger partial charge < -0.3 is 24.5 Å². The minimum atomic E-state index is -2.84. The number of ether oxygens (including phenoxy) is 1. The third-order valence-corrected chi connectivity index (χ3v) is 13.1. The van der Waals surface area contributed by atoms with Crippen LogP contribution in [0.3, 0.4) is 0 Å². The molecule has 0 saturated heterocycles. The Balaban J connectivity index is 1.71. The zero-order chi connectivity index (χ0) is 31.7. The molecule has 44 heavy (non-hydrogen) atoms. The van der Waals surface area contributed by atoms with E-state index in [1.807, 2.05) is 36.4 Å². The van der Waals surface area contributed by atoms with Crippen molar-refractivity contribution in [3.8, 4) is 11.5 Å². The van der Waals surface area contributed by atoms with E-state index in [9.17, 15) is 15.3 Å². The summed E-state index contributed by atoms with van der Waals surface area (Å²) in [6, 6.07) is 32.7. The van der Waals surface area contributed by atoms with E-state index in [0.717, 1.165) is 21.5 Å². The lowest BCUT2D eigenvalue weighted by atomic mass is 10.0. The standard InChI is InChI=1S/C37H41ClO5Si/c1-37(2,3)44(31-13-7-5-8-14-31,32-15-9-6-10-16-32)43-26-27(24-36(41)28-18-21-30(42-4)22-19-28)12-11-17-35(40)33-23-20-29(39)25-34(33)38/h5-11,13-16,18-23,25,35-36,39-41H,17,24,26H2,1-4H3/t12?,35-,36-/m1/s1. The van der Waals surface area contributed by atoms with Crippen LogP contribution in [-0.2, 0) is 4.43 Å². The fourth-order valence-corrected chi connectivity index (χ4v) is 10.4. The van der Waals surface area contributed by atoms with Gasteiger partial charge in [0.15, 0.2) is 0 Å². The van der Waals surface area contributed by atoms with Gasteiger partial charge in [-0.1, -0.05) is 111 Å². The van der Waals surface area contributed by atoms with Crippen LogP contribution in [0.2, 0.25) is 10.1 Å². The number of methoxy groups -OCH3 is 1. The van der Waals surface area contributed by atoms with Gasteiger partial charge in [-0.3, -0.25) is 0 Å². The highest BCUT2D eigenvalue weighted by atomic mass is 35.5. The number of phenolic OH excluding ortho intramolecular Hbond substituents is 1. The van der Waals surface area contributed by atoms with Crippen molar-refractivity contribution in [2.24, 2.45) is 0 Å². The van der Waals surface area contributed by atoms with Crippen molar-refractivity contribution in [3.05, 3.63) is 137 Å². The first-order valence-corrected chi connectivity index (χ1v) is 17.0. The van der Waals surface area contributed by atoms with Gasteiger partial charge in [-0.15, -0.1) is 5.73 Å². The van der Waals surface area contributed by atoms with Crippen LogP contribution in [0.4, 0.5) is 0 Å². The number of benzene rings is 4. The Morgan fingerprint density at radius 1 is 0.864 bits per heavy atom. The Bertz CT molecular complexity index is 1520. The molecule has 3 N–H and O–H groups in total. The molecule has 5 nitrogen and oxygen atoms in total. The van der Waals surface area contributed by atoms with Crippen LogP contribution >= 0.6 is 11.6 Å². The van der Waals surface area contributed by atoms with E-state index < -0.39 is 20.5 Å². The first kappa shape index (κ1) is 33.3. The number of rotatable bonds is 12. The number of hydrogen-bond acceptors (Lipinski definition) is 5. The quantitative estimate of drug-likeness (QED) is 0.114. The van der Waals surface area contributed by atoms with Crippen molar-refractivity contribution in [2.45, 2.75) is 50.9 Å². The van der Waals surface area contributed by atoms with E-state index in [0.29, 0.717) is 16.3 Å². The van der Waals surface area contributed by atoms with E-state index in [4.69, 9.17) is 20.8 Å². The highest BCUT2D eigenvalue weighted by molar-refractivity contribution is 6.99. The predicted molar refractivity (Wildman–Crippen MR) is 180 cm³/mol. The van der Waals surface area contributed by atoms with Gasteiger partial charge in [0.1, 0.15) is 11.5 Å². The molecule has 2 atom stereocenters. The summed E-state index contributed by atoms with van der Waals surface area (Å²) in [6.07, 6.45) is 0.610. The second kappa shape index (κ2) is 14.9. The van der Waals surface area contributed by atoms with Crippen molar-refractivity contribution < 1.29 is 24.5 Å². The van der Waals surface area contributed by atoms with Gasteiger partial charge in [-0.2, -0.15) is 0 Å². The van der Waals surface area contributed by atoms with Crippen LogP contribution in [0.5, 0.6) is 11.5 Å². The zero-order valence-corrected chi connectivity index (χ0v) is 27.5. The van der Waals surface area contributed by atoms with Crippen LogP contribution in [0.25, 0.3) is 0 Å². The van der Waals surface area contributed by atoms with E-state index in [1.54, 1.807) is 19.3 Å². The van der Waals surface area contributed by atoms with Gasteiger partial charge >= 0.3 is 0 Å². The molecule has 0 saturated carbocycles. The Kier molecular flexibility index (Phi) is 11.3. The maximum absolute atomic E-state index is 11.3. The van der Waals surface area contributed by atoms with Crippen molar-refractivity contribution in [1.29, 1.82) is 0 Å². The summed E-state index contributed by atoms with van der Waals surface area (Å²) in [6.45, 7) is 6.92. The minimum absolute atomic E-state index is 0.0386. The van der Waals surface area contributed by atoms with Crippen LogP contribution in [0, 0.1) is 0 Å². The lowest BCUT2D eigenvalue weighted by Crippen LogP contribution is -2.66. The lowest BCUT2D eigenvalue weighted by molar-refractivity contribution is 0.172. The Hall–Kier alpha value is -3.61. The number of aromatic hydroxyl groups is 1. The predicted octanol–water partition coefficient (Wildman–Crippen LogP) is 7.26. The maximum Gasteiger partial charge on any atom is 0.261 e. The van der Waals surface area contributed by atoms with Gasteiger partial charge in [0.2, 0.25) is 0 Å². The molecule has 0 amide bonds. The third kappa shape index (κ3) is 7.91. The summed E-state index contributed by atoms with van der Waals surface area (Å²) >= 11 is 6.27. The molecule has 0 bridgehead atoms. The third-order valence-electron chi connectivity index (χ3n) is 7.81. The van der Waals surface area contributed by atoms with Crippen LogP contribution in [0.15, 0.2) is 121 Å². The summed E-state index contributed by atoms with van der Waals surface area (Å²) in [5.41, 5.74) is 5.40. The monoisotopic (exact) mass is 628 g/mol. The largest absolute Gasteiger partial charge is 0.508 e. The number of phenols is 1. The van der Waals surface area contributed by atoms with Crippen LogP contribution < -0.4 is 15.1 Å². The molecular weight excluding hydrogens is 588 g/mol. The van der Waals surface area contributed by atoms with Crippen molar-refractivity contribution in [2.75, 3.05) is 13.7 Å². The smallest absolute Gasteiger partial charge is 0.261 e. The first-order valence-electron chi connectivity index (χ1n) is 14.7. The van der Waals surface area contributed by atoms with E-state index in [2.05, 4.69) is 75.0 Å². The summed E-state index contributed by atoms with van der Waals surface area (Å²) in [5.74, 6) is 0.755. The highest BCUT2D eigenvalue weighted by Gasteiger charge is 2.50. The molecule has 0 aromatic heterocycles. The molecule has 0 radical (unpaired) electrons. The summed E-state index contributed by atoms with van der Waals surface area (Å²) in [4.78, 5) is 0. The highest BCUT2D eigenvalue weighted by Crippen LogP contribution is 2.37. The fraction of sp³-hybridized carbons (Fsp3) is 0.270. The molecule has 7 heteroatoms. The molecule has 0 aliphatic heterocycles. The second-order valence-corrected chi connectivity index (χ2v) is 16.6. The minimum Gasteiger partial charge on any atom is -0.508 e. The summed E-state index contributed by atoms with van der Waals surface area (Å²) in [7, 11) is -1.23. The summed E-state index contributed by atoms with van der Waals surface area (Å²) < 4.78 is 12.4. The number of halogens is 1. The second-order valence-electron chi connectivity index (χ2n) is 11.9. The average Bonchev–Trinajstić information content (AvgIpc) is 3.01. The normalized spacial score (nSPS) is 13.1. The van der Waals surface area contributed by atoms with Crippen LogP contribution in [0.1, 0.15) is 56.9 Å². The van der Waals surface area contributed by atoms with E-state index in [1.165, 1.54) is 12.1 Å². The van der Waals surface area contributed by atoms with E-state index in [-0.39, 0.29) is 30.2 Å². The van der Waals surface area contributed by atoms with Crippen molar-refractivity contribution >= 4 is 30.3 Å². The van der Waals surface area contributed by atoms with Crippen molar-refractivity contribution in [1.82, 2.24) is 0 Å². The average molecular weight is 629 g/mol. The molecule has 0 unspecified atom stereocenters.